The third kappa shape index (κ3) is 3.05. The first-order valence-corrected chi connectivity index (χ1v) is 6.69. The fraction of sp³-hybridized carbons (Fsp3) is 0.333. The highest BCUT2D eigenvalue weighted by Crippen LogP contribution is 2.16. The summed E-state index contributed by atoms with van der Waals surface area (Å²) in [5.74, 6) is -0.0880. The van der Waals surface area contributed by atoms with Gasteiger partial charge in [-0.3, -0.25) is 4.79 Å². The number of anilines is 1. The Kier molecular flexibility index (Phi) is 4.06. The molecular weight excluding hydrogens is 262 g/mol. The lowest BCUT2D eigenvalue weighted by molar-refractivity contribution is 0.0781. The number of nitrogen functional groups attached to an aromatic ring is 1. The van der Waals surface area contributed by atoms with Crippen molar-refractivity contribution >= 4 is 23.1 Å². The van der Waals surface area contributed by atoms with E-state index >= 15 is 0 Å². The highest BCUT2D eigenvalue weighted by atomic mass is 32.1. The van der Waals surface area contributed by atoms with Crippen LogP contribution in [-0.4, -0.2) is 32.8 Å². The van der Waals surface area contributed by atoms with E-state index < -0.39 is 0 Å². The Morgan fingerprint density at radius 2 is 2.11 bits per heavy atom. The Bertz CT molecular complexity index is 583. The van der Waals surface area contributed by atoms with Gasteiger partial charge >= 0.3 is 0 Å². The first-order valence-electron chi connectivity index (χ1n) is 5.87. The second kappa shape index (κ2) is 5.75. The van der Waals surface area contributed by atoms with Gasteiger partial charge < -0.3 is 10.6 Å². The summed E-state index contributed by atoms with van der Waals surface area (Å²) in [5, 5.41) is 1.06. The van der Waals surface area contributed by atoms with Gasteiger partial charge in [-0.15, -0.1) is 11.3 Å². The molecule has 2 aromatic rings. The van der Waals surface area contributed by atoms with E-state index in [4.69, 9.17) is 5.73 Å². The van der Waals surface area contributed by atoms with Gasteiger partial charge in [0, 0.05) is 30.5 Å². The second-order valence-electron chi connectivity index (χ2n) is 4.03. The number of hydrogen-bond acceptors (Lipinski definition) is 6. The molecule has 7 heteroatoms. The fourth-order valence-corrected chi connectivity index (χ4v) is 2.50. The van der Waals surface area contributed by atoms with Crippen LogP contribution >= 0.6 is 11.3 Å². The van der Waals surface area contributed by atoms with Crippen LogP contribution in [0.15, 0.2) is 18.6 Å². The number of carbonyl (C=O) groups is 1. The van der Waals surface area contributed by atoms with Crippen molar-refractivity contribution in [2.75, 3.05) is 12.8 Å². The average molecular weight is 277 g/mol. The Balaban J connectivity index is 2.09. The number of carbonyl (C=O) groups excluding carboxylic acids is 1. The topological polar surface area (TPSA) is 85.0 Å². The Morgan fingerprint density at radius 3 is 2.74 bits per heavy atom. The number of hydrogen-bond donors (Lipinski definition) is 1. The minimum atomic E-state index is -0.239. The second-order valence-corrected chi connectivity index (χ2v) is 5.23. The normalized spacial score (nSPS) is 10.4. The molecule has 2 aromatic heterocycles. The van der Waals surface area contributed by atoms with Crippen LogP contribution in [0.2, 0.25) is 0 Å². The van der Waals surface area contributed by atoms with E-state index in [9.17, 15) is 4.79 Å². The predicted octanol–water partition coefficient (Wildman–Crippen LogP) is 1.35. The van der Waals surface area contributed by atoms with Crippen molar-refractivity contribution in [3.8, 4) is 0 Å². The summed E-state index contributed by atoms with van der Waals surface area (Å²) in [6, 6.07) is 0. The predicted molar refractivity (Wildman–Crippen MR) is 73.7 cm³/mol. The van der Waals surface area contributed by atoms with Crippen molar-refractivity contribution in [2.45, 2.75) is 19.9 Å². The SMILES string of the molecule is CCc1ncc(CN(C)C(=O)c2nccnc2N)s1. The maximum Gasteiger partial charge on any atom is 0.276 e. The quantitative estimate of drug-likeness (QED) is 0.911. The molecule has 1 amide bonds. The van der Waals surface area contributed by atoms with Crippen LogP contribution in [0.3, 0.4) is 0 Å². The lowest BCUT2D eigenvalue weighted by atomic mass is 10.3. The molecule has 6 nitrogen and oxygen atoms in total. The average Bonchev–Trinajstić information content (AvgIpc) is 2.86. The first-order chi connectivity index (χ1) is 9.11. The van der Waals surface area contributed by atoms with E-state index in [1.165, 1.54) is 12.4 Å². The van der Waals surface area contributed by atoms with Gasteiger partial charge in [0.15, 0.2) is 11.5 Å². The molecule has 0 aliphatic carbocycles. The zero-order valence-corrected chi connectivity index (χ0v) is 11.6. The molecule has 0 spiro atoms. The van der Waals surface area contributed by atoms with Crippen molar-refractivity contribution in [3.63, 3.8) is 0 Å². The molecule has 2 rings (SSSR count). The molecule has 0 saturated heterocycles. The van der Waals surface area contributed by atoms with Gasteiger partial charge in [0.2, 0.25) is 0 Å². The van der Waals surface area contributed by atoms with Crippen molar-refractivity contribution in [3.05, 3.63) is 34.2 Å². The van der Waals surface area contributed by atoms with Gasteiger partial charge in [0.25, 0.3) is 5.91 Å². The number of aryl methyl sites for hydroxylation is 1. The molecule has 0 aromatic carbocycles. The molecule has 0 radical (unpaired) electrons. The first kappa shape index (κ1) is 13.4. The standard InChI is InChI=1S/C12H15N5OS/c1-3-9-16-6-8(19-9)7-17(2)12(18)10-11(13)15-5-4-14-10/h4-6H,3,7H2,1-2H3,(H2,13,15). The molecule has 0 aliphatic rings. The van der Waals surface area contributed by atoms with Crippen LogP contribution < -0.4 is 5.73 Å². The van der Waals surface area contributed by atoms with Crippen molar-refractivity contribution < 1.29 is 4.79 Å². The van der Waals surface area contributed by atoms with E-state index in [0.717, 1.165) is 16.3 Å². The van der Waals surface area contributed by atoms with Gasteiger partial charge in [0.05, 0.1) is 11.6 Å². The van der Waals surface area contributed by atoms with Gasteiger partial charge in [-0.25, -0.2) is 15.0 Å². The molecule has 0 unspecified atom stereocenters. The molecule has 0 fully saturated rings. The summed E-state index contributed by atoms with van der Waals surface area (Å²) in [5.41, 5.74) is 5.83. The highest BCUT2D eigenvalue weighted by molar-refractivity contribution is 7.11. The zero-order chi connectivity index (χ0) is 13.8. The zero-order valence-electron chi connectivity index (χ0n) is 10.8. The number of rotatable bonds is 4. The van der Waals surface area contributed by atoms with Crippen molar-refractivity contribution in [1.82, 2.24) is 19.9 Å². The lowest BCUT2D eigenvalue weighted by Crippen LogP contribution is -2.27. The third-order valence-corrected chi connectivity index (χ3v) is 3.70. The maximum atomic E-state index is 12.2. The van der Waals surface area contributed by atoms with Crippen molar-refractivity contribution in [2.24, 2.45) is 0 Å². The molecule has 100 valence electrons. The van der Waals surface area contributed by atoms with E-state index in [1.54, 1.807) is 29.5 Å². The molecule has 0 bridgehead atoms. The van der Waals surface area contributed by atoms with Crippen LogP contribution in [0.5, 0.6) is 0 Å². The fourth-order valence-electron chi connectivity index (χ4n) is 1.58. The summed E-state index contributed by atoms with van der Waals surface area (Å²) < 4.78 is 0. The summed E-state index contributed by atoms with van der Waals surface area (Å²) in [6.45, 7) is 2.55. The van der Waals surface area contributed by atoms with Crippen LogP contribution in [0, 0.1) is 0 Å². The number of nitrogens with two attached hydrogens (primary N) is 1. The van der Waals surface area contributed by atoms with Gasteiger partial charge in [-0.05, 0) is 6.42 Å². The van der Waals surface area contributed by atoms with E-state index in [2.05, 4.69) is 21.9 Å². The molecule has 2 heterocycles. The number of aromatic nitrogens is 3. The van der Waals surface area contributed by atoms with Crippen LogP contribution in [0.25, 0.3) is 0 Å². The van der Waals surface area contributed by atoms with Crippen LogP contribution in [0.4, 0.5) is 5.82 Å². The van der Waals surface area contributed by atoms with Crippen LogP contribution in [0.1, 0.15) is 27.3 Å². The van der Waals surface area contributed by atoms with Gasteiger partial charge in [-0.1, -0.05) is 6.92 Å². The van der Waals surface area contributed by atoms with E-state index in [0.29, 0.717) is 6.54 Å². The number of thiazole rings is 1. The Hall–Kier alpha value is -2.02. The van der Waals surface area contributed by atoms with Gasteiger partial charge in [-0.2, -0.15) is 0 Å². The minimum Gasteiger partial charge on any atom is -0.382 e. The van der Waals surface area contributed by atoms with Gasteiger partial charge in [0.1, 0.15) is 0 Å². The molecule has 2 N–H and O–H groups in total. The smallest absolute Gasteiger partial charge is 0.276 e. The Morgan fingerprint density at radius 1 is 1.37 bits per heavy atom. The molecule has 19 heavy (non-hydrogen) atoms. The third-order valence-electron chi connectivity index (χ3n) is 2.57. The molecule has 0 aliphatic heterocycles. The lowest BCUT2D eigenvalue weighted by Gasteiger charge is -2.15. The summed E-state index contributed by atoms with van der Waals surface area (Å²) >= 11 is 1.61. The van der Waals surface area contributed by atoms with Crippen LogP contribution in [-0.2, 0) is 13.0 Å². The van der Waals surface area contributed by atoms with Crippen molar-refractivity contribution in [1.29, 1.82) is 0 Å². The minimum absolute atomic E-state index is 0.151. The number of nitrogens with zero attached hydrogens (tertiary/aromatic N) is 4. The highest BCUT2D eigenvalue weighted by Gasteiger charge is 2.17. The summed E-state index contributed by atoms with van der Waals surface area (Å²) in [4.78, 5) is 26.9. The summed E-state index contributed by atoms with van der Waals surface area (Å²) in [7, 11) is 1.71. The monoisotopic (exact) mass is 277 g/mol. The largest absolute Gasteiger partial charge is 0.382 e. The maximum absolute atomic E-state index is 12.2. The summed E-state index contributed by atoms with van der Waals surface area (Å²) in [6.07, 6.45) is 5.62. The Labute approximate surface area is 115 Å². The molecular formula is C12H15N5OS. The van der Waals surface area contributed by atoms with E-state index in [1.807, 2.05) is 0 Å². The number of amides is 1. The van der Waals surface area contributed by atoms with E-state index in [-0.39, 0.29) is 17.4 Å². The molecule has 0 atom stereocenters. The molecule has 0 saturated carbocycles.